The van der Waals surface area contributed by atoms with E-state index in [0.717, 1.165) is 16.8 Å². The number of nitrogens with one attached hydrogen (secondary N) is 3. The number of amides is 2. The first-order valence-electron chi connectivity index (χ1n) is 5.59. The summed E-state index contributed by atoms with van der Waals surface area (Å²) in [6, 6.07) is 7.15. The molecule has 6 heteroatoms. The molecule has 0 atom stereocenters. The Bertz CT molecular complexity index is 492. The molecule has 0 aliphatic rings. The van der Waals surface area contributed by atoms with Gasteiger partial charge in [0, 0.05) is 30.5 Å². The van der Waals surface area contributed by atoms with Crippen LogP contribution in [0.5, 0.6) is 0 Å². The number of hydrogen-bond acceptors (Lipinski definition) is 3. The van der Waals surface area contributed by atoms with Crippen LogP contribution in [0.15, 0.2) is 36.7 Å². The van der Waals surface area contributed by atoms with Crippen molar-refractivity contribution in [2.75, 3.05) is 5.32 Å². The lowest BCUT2D eigenvalue weighted by atomic mass is 10.2. The van der Waals surface area contributed by atoms with Crippen molar-refractivity contribution in [1.82, 2.24) is 15.5 Å². The molecular formula is C12H15N5O. The fourth-order valence-electron chi connectivity index (χ4n) is 1.46. The number of aromatic amines is 1. The molecule has 1 aromatic carbocycles. The predicted octanol–water partition coefficient (Wildman–Crippen LogP) is 1.19. The Labute approximate surface area is 105 Å². The van der Waals surface area contributed by atoms with Crippen LogP contribution in [0.4, 0.5) is 10.5 Å². The molecule has 5 N–H and O–H groups in total. The molecule has 0 aliphatic heterocycles. The molecule has 2 rings (SSSR count). The van der Waals surface area contributed by atoms with Gasteiger partial charge in [-0.05, 0) is 17.7 Å². The Morgan fingerprint density at radius 3 is 2.67 bits per heavy atom. The summed E-state index contributed by atoms with van der Waals surface area (Å²) in [4.78, 5) is 11.6. The van der Waals surface area contributed by atoms with E-state index >= 15 is 0 Å². The third-order valence-electron chi connectivity index (χ3n) is 2.46. The SMILES string of the molecule is NCc1ccc(NC(=O)NCc2cn[nH]c2)cc1. The first kappa shape index (κ1) is 12.1. The number of rotatable bonds is 4. The molecule has 0 saturated carbocycles. The topological polar surface area (TPSA) is 95.8 Å². The fourth-order valence-corrected chi connectivity index (χ4v) is 1.46. The van der Waals surface area contributed by atoms with E-state index in [1.165, 1.54) is 0 Å². The lowest BCUT2D eigenvalue weighted by Crippen LogP contribution is -2.28. The Morgan fingerprint density at radius 1 is 1.28 bits per heavy atom. The number of hydrogen-bond donors (Lipinski definition) is 4. The molecule has 0 radical (unpaired) electrons. The summed E-state index contributed by atoms with van der Waals surface area (Å²) >= 11 is 0. The van der Waals surface area contributed by atoms with Crippen molar-refractivity contribution in [1.29, 1.82) is 0 Å². The van der Waals surface area contributed by atoms with Crippen molar-refractivity contribution >= 4 is 11.7 Å². The van der Waals surface area contributed by atoms with E-state index in [1.54, 1.807) is 12.4 Å². The van der Waals surface area contributed by atoms with Crippen LogP contribution < -0.4 is 16.4 Å². The predicted molar refractivity (Wildman–Crippen MR) is 68.8 cm³/mol. The van der Waals surface area contributed by atoms with Crippen LogP contribution in [0, 0.1) is 0 Å². The maximum Gasteiger partial charge on any atom is 0.319 e. The van der Waals surface area contributed by atoms with Gasteiger partial charge in [-0.2, -0.15) is 5.10 Å². The van der Waals surface area contributed by atoms with Crippen LogP contribution in [0.2, 0.25) is 0 Å². The van der Waals surface area contributed by atoms with E-state index in [1.807, 2.05) is 24.3 Å². The highest BCUT2D eigenvalue weighted by molar-refractivity contribution is 5.89. The second-order valence-electron chi connectivity index (χ2n) is 3.82. The molecule has 1 aromatic heterocycles. The Kier molecular flexibility index (Phi) is 3.93. The van der Waals surface area contributed by atoms with Crippen molar-refractivity contribution in [3.8, 4) is 0 Å². The zero-order chi connectivity index (χ0) is 12.8. The van der Waals surface area contributed by atoms with Gasteiger partial charge in [0.2, 0.25) is 0 Å². The number of carbonyl (C=O) groups is 1. The van der Waals surface area contributed by atoms with Crippen molar-refractivity contribution in [2.45, 2.75) is 13.1 Å². The van der Waals surface area contributed by atoms with Crippen molar-refractivity contribution < 1.29 is 4.79 Å². The largest absolute Gasteiger partial charge is 0.334 e. The third kappa shape index (κ3) is 3.33. The van der Waals surface area contributed by atoms with Crippen LogP contribution in [-0.4, -0.2) is 16.2 Å². The molecule has 94 valence electrons. The van der Waals surface area contributed by atoms with Gasteiger partial charge in [0.05, 0.1) is 6.20 Å². The van der Waals surface area contributed by atoms with Crippen LogP contribution >= 0.6 is 0 Å². The van der Waals surface area contributed by atoms with Gasteiger partial charge in [-0.15, -0.1) is 0 Å². The number of carbonyl (C=O) groups excluding carboxylic acids is 1. The van der Waals surface area contributed by atoms with Gasteiger partial charge < -0.3 is 16.4 Å². The first-order chi connectivity index (χ1) is 8.78. The summed E-state index contributed by atoms with van der Waals surface area (Å²) in [6.07, 6.45) is 3.40. The lowest BCUT2D eigenvalue weighted by Gasteiger charge is -2.07. The van der Waals surface area contributed by atoms with E-state index in [9.17, 15) is 4.79 Å². The number of benzene rings is 1. The van der Waals surface area contributed by atoms with Gasteiger partial charge in [-0.3, -0.25) is 5.10 Å². The molecule has 1 heterocycles. The molecule has 0 spiro atoms. The van der Waals surface area contributed by atoms with Crippen molar-refractivity contribution in [3.63, 3.8) is 0 Å². The minimum Gasteiger partial charge on any atom is -0.334 e. The molecular weight excluding hydrogens is 230 g/mol. The number of urea groups is 1. The maximum atomic E-state index is 11.6. The molecule has 0 saturated heterocycles. The van der Waals surface area contributed by atoms with Gasteiger partial charge in [-0.25, -0.2) is 4.79 Å². The first-order valence-corrected chi connectivity index (χ1v) is 5.59. The summed E-state index contributed by atoms with van der Waals surface area (Å²) in [5, 5.41) is 11.9. The van der Waals surface area contributed by atoms with Gasteiger partial charge in [-0.1, -0.05) is 12.1 Å². The molecule has 0 fully saturated rings. The molecule has 0 bridgehead atoms. The van der Waals surface area contributed by atoms with E-state index in [2.05, 4.69) is 20.8 Å². The summed E-state index contributed by atoms with van der Waals surface area (Å²) in [6.45, 7) is 0.927. The normalized spacial score (nSPS) is 10.1. The summed E-state index contributed by atoms with van der Waals surface area (Å²) in [5.74, 6) is 0. The number of anilines is 1. The molecule has 2 aromatic rings. The zero-order valence-corrected chi connectivity index (χ0v) is 9.81. The average molecular weight is 245 g/mol. The van der Waals surface area contributed by atoms with Crippen molar-refractivity contribution in [3.05, 3.63) is 47.8 Å². The van der Waals surface area contributed by atoms with Crippen LogP contribution in [-0.2, 0) is 13.1 Å². The molecule has 0 aliphatic carbocycles. The van der Waals surface area contributed by atoms with E-state index in [0.29, 0.717) is 13.1 Å². The smallest absolute Gasteiger partial charge is 0.319 e. The quantitative estimate of drug-likeness (QED) is 0.651. The Morgan fingerprint density at radius 2 is 2.06 bits per heavy atom. The number of aromatic nitrogens is 2. The molecule has 6 nitrogen and oxygen atoms in total. The van der Waals surface area contributed by atoms with Gasteiger partial charge >= 0.3 is 6.03 Å². The maximum absolute atomic E-state index is 11.6. The second kappa shape index (κ2) is 5.83. The fraction of sp³-hybridized carbons (Fsp3) is 0.167. The van der Waals surface area contributed by atoms with E-state index in [4.69, 9.17) is 5.73 Å². The van der Waals surface area contributed by atoms with E-state index < -0.39 is 0 Å². The number of H-pyrrole nitrogens is 1. The van der Waals surface area contributed by atoms with Crippen LogP contribution in [0.1, 0.15) is 11.1 Å². The standard InChI is InChI=1S/C12H15N5O/c13-5-9-1-3-11(4-2-9)17-12(18)14-6-10-7-15-16-8-10/h1-4,7-8H,5-6,13H2,(H,15,16)(H2,14,17,18). The van der Waals surface area contributed by atoms with Crippen LogP contribution in [0.3, 0.4) is 0 Å². The minimum atomic E-state index is -0.253. The molecule has 18 heavy (non-hydrogen) atoms. The monoisotopic (exact) mass is 245 g/mol. The highest BCUT2D eigenvalue weighted by Crippen LogP contribution is 2.08. The molecule has 0 unspecified atom stereocenters. The van der Waals surface area contributed by atoms with Crippen LogP contribution in [0.25, 0.3) is 0 Å². The lowest BCUT2D eigenvalue weighted by molar-refractivity contribution is 0.251. The summed E-state index contributed by atoms with van der Waals surface area (Å²) < 4.78 is 0. The number of nitrogens with zero attached hydrogens (tertiary/aromatic N) is 1. The van der Waals surface area contributed by atoms with E-state index in [-0.39, 0.29) is 6.03 Å². The highest BCUT2D eigenvalue weighted by atomic mass is 16.2. The Balaban J connectivity index is 1.83. The van der Waals surface area contributed by atoms with Gasteiger partial charge in [0.15, 0.2) is 0 Å². The third-order valence-corrected chi connectivity index (χ3v) is 2.46. The number of nitrogens with two attached hydrogens (primary N) is 1. The van der Waals surface area contributed by atoms with Gasteiger partial charge in [0.25, 0.3) is 0 Å². The summed E-state index contributed by atoms with van der Waals surface area (Å²) in [7, 11) is 0. The molecule has 2 amide bonds. The highest BCUT2D eigenvalue weighted by Gasteiger charge is 2.02. The van der Waals surface area contributed by atoms with Gasteiger partial charge in [0.1, 0.15) is 0 Å². The van der Waals surface area contributed by atoms with Crippen molar-refractivity contribution in [2.24, 2.45) is 5.73 Å². The minimum absolute atomic E-state index is 0.253. The summed E-state index contributed by atoms with van der Waals surface area (Å²) in [5.41, 5.74) is 8.17. The zero-order valence-electron chi connectivity index (χ0n) is 9.81. The second-order valence-corrected chi connectivity index (χ2v) is 3.82. The average Bonchev–Trinajstić information content (AvgIpc) is 2.90. The Hall–Kier alpha value is -2.34.